The van der Waals surface area contributed by atoms with Gasteiger partial charge in [-0.2, -0.15) is 0 Å². The van der Waals surface area contributed by atoms with Gasteiger partial charge >= 0.3 is 0 Å². The number of benzene rings is 4. The molecule has 0 aliphatic heterocycles. The van der Waals surface area contributed by atoms with E-state index in [-0.39, 0.29) is 5.91 Å². The molecular weight excluding hydrogens is 380 g/mol. The van der Waals surface area contributed by atoms with Gasteiger partial charge in [-0.25, -0.2) is 4.98 Å². The van der Waals surface area contributed by atoms with E-state index in [0.29, 0.717) is 5.56 Å². The van der Waals surface area contributed by atoms with Crippen molar-refractivity contribution in [3.8, 4) is 22.4 Å². The zero-order valence-corrected chi connectivity index (χ0v) is 16.8. The molecule has 0 atom stereocenters. The summed E-state index contributed by atoms with van der Waals surface area (Å²) in [6.45, 7) is 0. The van der Waals surface area contributed by atoms with Crippen LogP contribution in [0.1, 0.15) is 10.4 Å². The normalized spacial score (nSPS) is 10.7. The number of nitrogens with one attached hydrogen (secondary N) is 1. The molecule has 0 bridgehead atoms. The smallest absolute Gasteiger partial charge is 0.257 e. The second-order valence-electron chi connectivity index (χ2n) is 7.28. The average Bonchev–Trinajstić information content (AvgIpc) is 2.84. The lowest BCUT2D eigenvalue weighted by Crippen LogP contribution is -2.15. The molecule has 0 fully saturated rings. The number of nitrogens with zero attached hydrogens (tertiary/aromatic N) is 1. The number of pyridine rings is 1. The first-order valence-electron chi connectivity index (χ1n) is 10.2. The van der Waals surface area contributed by atoms with Crippen LogP contribution in [-0.2, 0) is 0 Å². The van der Waals surface area contributed by atoms with Crippen molar-refractivity contribution >= 4 is 22.5 Å². The molecule has 4 aromatic carbocycles. The molecule has 0 aliphatic carbocycles. The van der Waals surface area contributed by atoms with Crippen molar-refractivity contribution in [3.05, 3.63) is 121 Å². The molecule has 1 aromatic heterocycles. The lowest BCUT2D eigenvalue weighted by molar-refractivity contribution is 0.102. The minimum atomic E-state index is -0.152. The van der Waals surface area contributed by atoms with Crippen LogP contribution in [-0.4, -0.2) is 10.9 Å². The van der Waals surface area contributed by atoms with E-state index in [2.05, 4.69) is 5.32 Å². The van der Waals surface area contributed by atoms with Gasteiger partial charge in [0.2, 0.25) is 0 Å². The van der Waals surface area contributed by atoms with Crippen LogP contribution in [0, 0.1) is 0 Å². The highest BCUT2D eigenvalue weighted by atomic mass is 16.1. The van der Waals surface area contributed by atoms with Crippen LogP contribution >= 0.6 is 0 Å². The van der Waals surface area contributed by atoms with Gasteiger partial charge in [-0.05, 0) is 23.8 Å². The topological polar surface area (TPSA) is 42.0 Å². The van der Waals surface area contributed by atoms with Crippen molar-refractivity contribution < 1.29 is 4.79 Å². The Kier molecular flexibility index (Phi) is 4.99. The quantitative estimate of drug-likeness (QED) is 0.360. The molecule has 1 amide bonds. The molecule has 5 rings (SSSR count). The highest BCUT2D eigenvalue weighted by Gasteiger charge is 2.22. The van der Waals surface area contributed by atoms with Crippen molar-refractivity contribution in [1.29, 1.82) is 0 Å². The Labute approximate surface area is 181 Å². The number of carbonyl (C=O) groups is 1. The summed E-state index contributed by atoms with van der Waals surface area (Å²) in [5.74, 6) is -0.152. The van der Waals surface area contributed by atoms with Crippen LogP contribution in [0.5, 0.6) is 0 Å². The Hall–Kier alpha value is -4.24. The fraction of sp³-hybridized carbons (Fsp3) is 0. The Morgan fingerprint density at radius 1 is 0.613 bits per heavy atom. The van der Waals surface area contributed by atoms with Gasteiger partial charge in [0.1, 0.15) is 0 Å². The second-order valence-corrected chi connectivity index (χ2v) is 7.28. The molecule has 0 unspecified atom stereocenters. The predicted octanol–water partition coefficient (Wildman–Crippen LogP) is 6.82. The van der Waals surface area contributed by atoms with E-state index in [4.69, 9.17) is 4.98 Å². The molecule has 5 aromatic rings. The zero-order chi connectivity index (χ0) is 21.0. The van der Waals surface area contributed by atoms with Crippen LogP contribution < -0.4 is 5.32 Å². The van der Waals surface area contributed by atoms with Gasteiger partial charge in [0, 0.05) is 22.2 Å². The Bertz CT molecular complexity index is 1350. The van der Waals surface area contributed by atoms with Crippen LogP contribution in [0.4, 0.5) is 5.69 Å². The first kappa shape index (κ1) is 18.8. The summed E-state index contributed by atoms with van der Waals surface area (Å²) in [7, 11) is 0. The SMILES string of the molecule is O=C(Nc1ccccc1)c1c(-c2ccccc2)c(-c2ccccc2)nc2ccccc12. The minimum Gasteiger partial charge on any atom is -0.322 e. The van der Waals surface area contributed by atoms with E-state index < -0.39 is 0 Å². The number of fused-ring (bicyclic) bond motifs is 1. The zero-order valence-electron chi connectivity index (χ0n) is 16.8. The predicted molar refractivity (Wildman–Crippen MR) is 127 cm³/mol. The number of para-hydroxylation sites is 2. The maximum atomic E-state index is 13.7. The highest BCUT2D eigenvalue weighted by molar-refractivity contribution is 6.18. The third kappa shape index (κ3) is 3.69. The number of anilines is 1. The van der Waals surface area contributed by atoms with Gasteiger partial charge in [0.05, 0.1) is 16.8 Å². The van der Waals surface area contributed by atoms with Gasteiger partial charge in [-0.1, -0.05) is 97.1 Å². The summed E-state index contributed by atoms with van der Waals surface area (Å²) >= 11 is 0. The third-order valence-corrected chi connectivity index (χ3v) is 5.26. The van der Waals surface area contributed by atoms with E-state index in [1.54, 1.807) is 0 Å². The molecule has 0 saturated heterocycles. The van der Waals surface area contributed by atoms with Crippen LogP contribution in [0.2, 0.25) is 0 Å². The van der Waals surface area contributed by atoms with Crippen LogP contribution in [0.15, 0.2) is 115 Å². The standard InChI is InChI=1S/C28H20N2O/c31-28(29-22-16-8-3-9-17-22)26-23-18-10-11-19-24(23)30-27(21-14-6-2-7-15-21)25(26)20-12-4-1-5-13-20/h1-19H,(H,29,31). The minimum absolute atomic E-state index is 0.152. The summed E-state index contributed by atoms with van der Waals surface area (Å²) in [5, 5.41) is 3.90. The van der Waals surface area contributed by atoms with E-state index in [1.807, 2.05) is 115 Å². The first-order valence-corrected chi connectivity index (χ1v) is 10.2. The van der Waals surface area contributed by atoms with E-state index in [9.17, 15) is 4.79 Å². The molecule has 1 heterocycles. The van der Waals surface area contributed by atoms with E-state index in [0.717, 1.165) is 39.0 Å². The number of carbonyl (C=O) groups excluding carboxylic acids is 1. The number of amides is 1. The maximum Gasteiger partial charge on any atom is 0.257 e. The van der Waals surface area contributed by atoms with Crippen molar-refractivity contribution in [2.75, 3.05) is 5.32 Å². The summed E-state index contributed by atoms with van der Waals surface area (Å²) in [5.41, 5.74) is 5.73. The van der Waals surface area contributed by atoms with Crippen LogP contribution in [0.25, 0.3) is 33.3 Å². The number of rotatable bonds is 4. The van der Waals surface area contributed by atoms with Gasteiger partial charge in [0.15, 0.2) is 0 Å². The molecule has 31 heavy (non-hydrogen) atoms. The Balaban J connectivity index is 1.82. The molecule has 1 N–H and O–H groups in total. The van der Waals surface area contributed by atoms with E-state index in [1.165, 1.54) is 0 Å². The summed E-state index contributed by atoms with van der Waals surface area (Å²) < 4.78 is 0. The molecule has 148 valence electrons. The average molecular weight is 400 g/mol. The molecule has 3 heteroatoms. The van der Waals surface area contributed by atoms with Gasteiger partial charge < -0.3 is 5.32 Å². The van der Waals surface area contributed by atoms with Crippen molar-refractivity contribution in [3.63, 3.8) is 0 Å². The van der Waals surface area contributed by atoms with Gasteiger partial charge in [0.25, 0.3) is 5.91 Å². The molecule has 0 aliphatic rings. The molecule has 0 saturated carbocycles. The van der Waals surface area contributed by atoms with Gasteiger partial charge in [-0.15, -0.1) is 0 Å². The van der Waals surface area contributed by atoms with Crippen LogP contribution in [0.3, 0.4) is 0 Å². The fourth-order valence-corrected chi connectivity index (χ4v) is 3.85. The van der Waals surface area contributed by atoms with E-state index >= 15 is 0 Å². The van der Waals surface area contributed by atoms with Crippen molar-refractivity contribution in [2.45, 2.75) is 0 Å². The maximum absolute atomic E-state index is 13.7. The summed E-state index contributed by atoms with van der Waals surface area (Å²) in [6, 6.07) is 37.4. The fourth-order valence-electron chi connectivity index (χ4n) is 3.85. The van der Waals surface area contributed by atoms with Crippen molar-refractivity contribution in [2.24, 2.45) is 0 Å². The van der Waals surface area contributed by atoms with Crippen molar-refractivity contribution in [1.82, 2.24) is 4.98 Å². The lowest BCUT2D eigenvalue weighted by Gasteiger charge is -2.18. The first-order chi connectivity index (χ1) is 15.3. The third-order valence-electron chi connectivity index (χ3n) is 5.26. The van der Waals surface area contributed by atoms with Gasteiger partial charge in [-0.3, -0.25) is 4.79 Å². The Morgan fingerprint density at radius 2 is 1.16 bits per heavy atom. The summed E-state index contributed by atoms with van der Waals surface area (Å²) in [4.78, 5) is 18.7. The monoisotopic (exact) mass is 400 g/mol. The molecular formula is C28H20N2O. The number of aromatic nitrogens is 1. The molecule has 0 spiro atoms. The second kappa shape index (κ2) is 8.25. The number of hydrogen-bond donors (Lipinski definition) is 1. The molecule has 3 nitrogen and oxygen atoms in total. The number of hydrogen-bond acceptors (Lipinski definition) is 2. The summed E-state index contributed by atoms with van der Waals surface area (Å²) in [6.07, 6.45) is 0. The largest absolute Gasteiger partial charge is 0.322 e. The molecule has 0 radical (unpaired) electrons. The highest BCUT2D eigenvalue weighted by Crippen LogP contribution is 2.37. The lowest BCUT2D eigenvalue weighted by atomic mass is 9.91. The Morgan fingerprint density at radius 3 is 1.84 bits per heavy atom.